The van der Waals surface area contributed by atoms with Gasteiger partial charge < -0.3 is 24.2 Å². The van der Waals surface area contributed by atoms with Crippen LogP contribution in [0.25, 0.3) is 0 Å². The number of benzene rings is 1. The molecule has 25 heavy (non-hydrogen) atoms. The third-order valence-corrected chi connectivity index (χ3v) is 4.78. The topological polar surface area (TPSA) is 85.3 Å². The zero-order valence-electron chi connectivity index (χ0n) is 14.5. The lowest BCUT2D eigenvalue weighted by Gasteiger charge is -2.43. The molecule has 0 radical (unpaired) electrons. The van der Waals surface area contributed by atoms with Crippen LogP contribution in [-0.4, -0.2) is 67.0 Å². The van der Waals surface area contributed by atoms with E-state index in [0.29, 0.717) is 44.3 Å². The van der Waals surface area contributed by atoms with Gasteiger partial charge in [0.25, 0.3) is 5.91 Å². The van der Waals surface area contributed by atoms with Gasteiger partial charge in [0, 0.05) is 18.7 Å². The van der Waals surface area contributed by atoms with Crippen molar-refractivity contribution in [3.8, 4) is 5.75 Å². The molecule has 2 aliphatic heterocycles. The van der Waals surface area contributed by atoms with Crippen molar-refractivity contribution in [3.05, 3.63) is 28.8 Å². The molecule has 1 N–H and O–H groups in total. The molecule has 0 aromatic heterocycles. The Morgan fingerprint density at radius 3 is 2.44 bits per heavy atom. The van der Waals surface area contributed by atoms with Crippen LogP contribution in [0.15, 0.2) is 12.1 Å². The first-order valence-corrected chi connectivity index (χ1v) is 8.36. The van der Waals surface area contributed by atoms with Gasteiger partial charge >= 0.3 is 5.97 Å². The van der Waals surface area contributed by atoms with E-state index in [9.17, 15) is 9.59 Å². The van der Waals surface area contributed by atoms with Crippen molar-refractivity contribution in [1.82, 2.24) is 4.90 Å². The highest BCUT2D eigenvalue weighted by molar-refractivity contribution is 5.95. The maximum atomic E-state index is 13.1. The molecule has 136 valence electrons. The smallest absolute Gasteiger partial charge is 0.341 e. The predicted octanol–water partition coefficient (Wildman–Crippen LogP) is 1.40. The van der Waals surface area contributed by atoms with E-state index in [0.717, 1.165) is 17.5 Å². The van der Waals surface area contributed by atoms with Gasteiger partial charge in [0.15, 0.2) is 6.61 Å². The van der Waals surface area contributed by atoms with Crippen LogP contribution >= 0.6 is 0 Å². The normalized spacial score (nSPS) is 23.0. The minimum absolute atomic E-state index is 0.0511. The summed E-state index contributed by atoms with van der Waals surface area (Å²) in [6, 6.07) is 3.51. The molecule has 0 aliphatic carbocycles. The Kier molecular flexibility index (Phi) is 4.96. The predicted molar refractivity (Wildman–Crippen MR) is 89.1 cm³/mol. The van der Waals surface area contributed by atoms with Crippen molar-refractivity contribution in [2.75, 3.05) is 39.6 Å². The van der Waals surface area contributed by atoms with Gasteiger partial charge in [-0.3, -0.25) is 4.79 Å². The van der Waals surface area contributed by atoms with Crippen molar-refractivity contribution in [2.24, 2.45) is 0 Å². The van der Waals surface area contributed by atoms with Crippen LogP contribution in [0, 0.1) is 13.8 Å². The van der Waals surface area contributed by atoms with Crippen LogP contribution < -0.4 is 4.74 Å². The summed E-state index contributed by atoms with van der Waals surface area (Å²) in [7, 11) is 0. The second kappa shape index (κ2) is 7.01. The van der Waals surface area contributed by atoms with Crippen LogP contribution in [0.2, 0.25) is 0 Å². The Hall–Kier alpha value is -2.12. The number of carbonyl (C=O) groups excluding carboxylic acids is 1. The second-order valence-electron chi connectivity index (χ2n) is 6.66. The first kappa shape index (κ1) is 17.7. The minimum Gasteiger partial charge on any atom is -0.481 e. The second-order valence-corrected chi connectivity index (χ2v) is 6.66. The van der Waals surface area contributed by atoms with Crippen LogP contribution in [0.5, 0.6) is 5.75 Å². The molecule has 2 saturated heterocycles. The summed E-state index contributed by atoms with van der Waals surface area (Å²) < 4.78 is 16.5. The molecule has 0 unspecified atom stereocenters. The average Bonchev–Trinajstić information content (AvgIpc) is 3.02. The van der Waals surface area contributed by atoms with E-state index in [2.05, 4.69) is 0 Å². The number of aryl methyl sites for hydroxylation is 2. The average molecular weight is 349 g/mol. The molecular formula is C18H23NO6. The third-order valence-electron chi connectivity index (χ3n) is 4.78. The molecule has 1 atom stereocenters. The molecule has 1 spiro atoms. The van der Waals surface area contributed by atoms with E-state index in [1.54, 1.807) is 12.1 Å². The third kappa shape index (κ3) is 3.48. The van der Waals surface area contributed by atoms with Gasteiger partial charge in [-0.15, -0.1) is 0 Å². The number of hydrogen-bond donors (Lipinski definition) is 1. The van der Waals surface area contributed by atoms with Gasteiger partial charge in [-0.05, 0) is 43.5 Å². The van der Waals surface area contributed by atoms with Crippen LogP contribution in [0.3, 0.4) is 0 Å². The fraction of sp³-hybridized carbons (Fsp3) is 0.556. The van der Waals surface area contributed by atoms with Gasteiger partial charge in [0.1, 0.15) is 5.75 Å². The summed E-state index contributed by atoms with van der Waals surface area (Å²) in [6.45, 7) is 5.91. The summed E-state index contributed by atoms with van der Waals surface area (Å²) in [5.74, 6) is -0.569. The molecule has 2 heterocycles. The lowest BCUT2D eigenvalue weighted by molar-refractivity contribution is -0.139. The fourth-order valence-corrected chi connectivity index (χ4v) is 3.56. The Morgan fingerprint density at radius 1 is 1.20 bits per heavy atom. The maximum absolute atomic E-state index is 13.1. The number of rotatable bonds is 4. The van der Waals surface area contributed by atoms with E-state index in [4.69, 9.17) is 19.3 Å². The van der Waals surface area contributed by atoms with Crippen molar-refractivity contribution in [1.29, 1.82) is 0 Å². The molecule has 1 amide bonds. The molecule has 7 nitrogen and oxygen atoms in total. The highest BCUT2D eigenvalue weighted by Crippen LogP contribution is 2.32. The summed E-state index contributed by atoms with van der Waals surface area (Å²) in [6.07, 6.45) is 0.774. The number of aliphatic carboxylic acids is 1. The van der Waals surface area contributed by atoms with Gasteiger partial charge in [0.2, 0.25) is 0 Å². The SMILES string of the molecule is Cc1cc(C(=O)N2CCOC[C@@]23CCOC3)cc(C)c1OCC(=O)O. The molecule has 0 bridgehead atoms. The highest BCUT2D eigenvalue weighted by atomic mass is 16.5. The summed E-state index contributed by atoms with van der Waals surface area (Å²) >= 11 is 0. The quantitative estimate of drug-likeness (QED) is 0.884. The zero-order valence-corrected chi connectivity index (χ0v) is 14.5. The Bertz CT molecular complexity index is 657. The van der Waals surface area contributed by atoms with Gasteiger partial charge in [-0.2, -0.15) is 0 Å². The summed E-state index contributed by atoms with van der Waals surface area (Å²) in [5.41, 5.74) is 1.69. The van der Waals surface area contributed by atoms with Crippen molar-refractivity contribution >= 4 is 11.9 Å². The number of nitrogens with zero attached hydrogens (tertiary/aromatic N) is 1. The first-order valence-electron chi connectivity index (χ1n) is 8.36. The van der Waals surface area contributed by atoms with E-state index >= 15 is 0 Å². The number of carbonyl (C=O) groups is 2. The molecule has 7 heteroatoms. The lowest BCUT2D eigenvalue weighted by Crippen LogP contribution is -2.59. The molecule has 1 aromatic carbocycles. The van der Waals surface area contributed by atoms with Gasteiger partial charge in [-0.1, -0.05) is 0 Å². The first-order chi connectivity index (χ1) is 11.9. The largest absolute Gasteiger partial charge is 0.481 e. The maximum Gasteiger partial charge on any atom is 0.341 e. The Labute approximate surface area is 146 Å². The molecule has 1 aromatic rings. The molecule has 2 fully saturated rings. The summed E-state index contributed by atoms with van der Waals surface area (Å²) in [5, 5.41) is 8.78. The Balaban J connectivity index is 1.85. The number of carboxylic acid groups (broad SMARTS) is 1. The van der Waals surface area contributed by atoms with Gasteiger partial charge in [0.05, 0.1) is 25.4 Å². The molecule has 3 rings (SSSR count). The van der Waals surface area contributed by atoms with Crippen LogP contribution in [-0.2, 0) is 14.3 Å². The zero-order chi connectivity index (χ0) is 18.0. The number of carboxylic acids is 1. The fourth-order valence-electron chi connectivity index (χ4n) is 3.56. The van der Waals surface area contributed by atoms with Crippen LogP contribution in [0.4, 0.5) is 0 Å². The molecular weight excluding hydrogens is 326 g/mol. The molecule has 2 aliphatic rings. The van der Waals surface area contributed by atoms with E-state index in [1.807, 2.05) is 18.7 Å². The van der Waals surface area contributed by atoms with Crippen molar-refractivity contribution in [3.63, 3.8) is 0 Å². The number of ether oxygens (including phenoxy) is 3. The van der Waals surface area contributed by atoms with E-state index in [1.165, 1.54) is 0 Å². The number of morpholine rings is 1. The lowest BCUT2D eigenvalue weighted by atomic mass is 9.94. The van der Waals surface area contributed by atoms with E-state index < -0.39 is 12.6 Å². The standard InChI is InChI=1S/C18H23NO6/c1-12-7-14(8-13(2)16(12)25-9-15(20)21)17(22)19-4-6-24-11-18(19)3-5-23-10-18/h7-8H,3-6,9-11H2,1-2H3,(H,20,21)/t18-/m0/s1. The molecule has 0 saturated carbocycles. The number of amides is 1. The van der Waals surface area contributed by atoms with E-state index in [-0.39, 0.29) is 11.4 Å². The number of hydrogen-bond acceptors (Lipinski definition) is 5. The van der Waals surface area contributed by atoms with Crippen molar-refractivity contribution in [2.45, 2.75) is 25.8 Å². The minimum atomic E-state index is -1.03. The van der Waals surface area contributed by atoms with Crippen molar-refractivity contribution < 1.29 is 28.9 Å². The van der Waals surface area contributed by atoms with Gasteiger partial charge in [-0.25, -0.2) is 4.79 Å². The van der Waals surface area contributed by atoms with Crippen LogP contribution in [0.1, 0.15) is 27.9 Å². The Morgan fingerprint density at radius 2 is 1.84 bits per heavy atom. The monoisotopic (exact) mass is 349 g/mol. The summed E-state index contributed by atoms with van der Waals surface area (Å²) in [4.78, 5) is 25.7. The highest BCUT2D eigenvalue weighted by Gasteiger charge is 2.45.